The summed E-state index contributed by atoms with van der Waals surface area (Å²) in [7, 11) is 0. The average molecular weight is 394 g/mol. The Bertz CT molecular complexity index is 687. The molecule has 2 saturated carbocycles. The number of aliphatic carboxylic acids is 1. The summed E-state index contributed by atoms with van der Waals surface area (Å²) >= 11 is 0. The Hall–Kier alpha value is -1.79. The molecule has 3 amide bonds. The molecule has 3 aliphatic rings. The van der Waals surface area contributed by atoms with E-state index < -0.39 is 35.0 Å². The largest absolute Gasteiger partial charge is 0.480 e. The first-order valence-electron chi connectivity index (χ1n) is 10.3. The molecule has 0 aromatic rings. The zero-order valence-electron chi connectivity index (χ0n) is 18.0. The van der Waals surface area contributed by atoms with Gasteiger partial charge in [-0.15, -0.1) is 0 Å². The molecule has 3 fully saturated rings. The van der Waals surface area contributed by atoms with E-state index in [9.17, 15) is 19.5 Å². The summed E-state index contributed by atoms with van der Waals surface area (Å²) in [5.74, 6) is -1.24. The number of urea groups is 1. The molecule has 0 aromatic carbocycles. The van der Waals surface area contributed by atoms with Crippen LogP contribution in [0.3, 0.4) is 0 Å². The third kappa shape index (κ3) is 3.60. The van der Waals surface area contributed by atoms with Gasteiger partial charge in [-0.05, 0) is 62.7 Å². The summed E-state index contributed by atoms with van der Waals surface area (Å²) in [5, 5.41) is 15.4. The summed E-state index contributed by atoms with van der Waals surface area (Å²) < 4.78 is 0. The Labute approximate surface area is 167 Å². The predicted molar refractivity (Wildman–Crippen MR) is 106 cm³/mol. The summed E-state index contributed by atoms with van der Waals surface area (Å²) in [6, 6.07) is -2.00. The van der Waals surface area contributed by atoms with Crippen molar-refractivity contribution < 1.29 is 19.5 Å². The highest BCUT2D eigenvalue weighted by Crippen LogP contribution is 2.77. The molecule has 1 aliphatic heterocycles. The number of hydrogen-bond donors (Lipinski definition) is 3. The van der Waals surface area contributed by atoms with Gasteiger partial charge in [-0.2, -0.15) is 0 Å². The van der Waals surface area contributed by atoms with E-state index in [0.717, 1.165) is 19.3 Å². The van der Waals surface area contributed by atoms with Crippen LogP contribution in [0.5, 0.6) is 0 Å². The highest BCUT2D eigenvalue weighted by atomic mass is 16.4. The van der Waals surface area contributed by atoms with Gasteiger partial charge in [-0.3, -0.25) is 4.79 Å². The number of carbonyl (C=O) groups excluding carboxylic acids is 2. The van der Waals surface area contributed by atoms with Crippen LogP contribution in [0.1, 0.15) is 73.6 Å². The number of carbonyl (C=O) groups is 3. The molecule has 7 heteroatoms. The smallest absolute Gasteiger partial charge is 0.326 e. The van der Waals surface area contributed by atoms with Gasteiger partial charge in [0.25, 0.3) is 0 Å². The minimum Gasteiger partial charge on any atom is -0.480 e. The molecule has 2 aliphatic carbocycles. The highest BCUT2D eigenvalue weighted by molar-refractivity contribution is 5.91. The maximum atomic E-state index is 13.5. The molecule has 1 heterocycles. The van der Waals surface area contributed by atoms with E-state index in [1.54, 1.807) is 0 Å². The fraction of sp³-hybridized carbons (Fsp3) is 0.857. The van der Waals surface area contributed by atoms with Crippen molar-refractivity contribution in [1.29, 1.82) is 0 Å². The molecular formula is C21H35N3O4. The van der Waals surface area contributed by atoms with E-state index in [-0.39, 0.29) is 16.7 Å². The number of nitrogens with one attached hydrogen (secondary N) is 2. The molecule has 0 unspecified atom stereocenters. The van der Waals surface area contributed by atoms with E-state index in [1.807, 2.05) is 41.5 Å². The number of amides is 3. The van der Waals surface area contributed by atoms with Crippen molar-refractivity contribution >= 4 is 17.9 Å². The van der Waals surface area contributed by atoms with Crippen LogP contribution in [-0.4, -0.2) is 52.1 Å². The second-order valence-corrected chi connectivity index (χ2v) is 11.3. The van der Waals surface area contributed by atoms with Crippen LogP contribution in [0.25, 0.3) is 0 Å². The van der Waals surface area contributed by atoms with Gasteiger partial charge < -0.3 is 20.6 Å². The van der Waals surface area contributed by atoms with Gasteiger partial charge in [-0.25, -0.2) is 9.59 Å². The standard InChI is InChI=1S/C21H35N3O4/c1-18(2,3)14(22-17(28)23-19(4,5)6)15(25)24-12-21(10-13(24)16(26)27)11-20(21)8-7-9-20/h13-14H,7-12H2,1-6H3,(H,26,27)(H2,22,23,28)/t13-,14+,21-/m0/s1. The summed E-state index contributed by atoms with van der Waals surface area (Å²) in [6.07, 6.45) is 5.07. The zero-order chi connectivity index (χ0) is 21.1. The SMILES string of the molecule is CC(C)(C)NC(=O)N[C@H](C(=O)N1C[C@]2(C[C@H]1C(=O)O)CC21CCC1)C(C)(C)C. The van der Waals surface area contributed by atoms with Crippen LogP contribution in [0.2, 0.25) is 0 Å². The van der Waals surface area contributed by atoms with E-state index in [2.05, 4.69) is 10.6 Å². The molecule has 0 radical (unpaired) electrons. The van der Waals surface area contributed by atoms with Crippen molar-refractivity contribution in [2.24, 2.45) is 16.2 Å². The monoisotopic (exact) mass is 393 g/mol. The third-order valence-electron chi connectivity index (χ3n) is 6.87. The van der Waals surface area contributed by atoms with Crippen LogP contribution in [0.15, 0.2) is 0 Å². The molecule has 3 N–H and O–H groups in total. The van der Waals surface area contributed by atoms with Gasteiger partial charge in [0.05, 0.1) is 0 Å². The van der Waals surface area contributed by atoms with E-state index >= 15 is 0 Å². The summed E-state index contributed by atoms with van der Waals surface area (Å²) in [5.41, 5.74) is -0.728. The lowest BCUT2D eigenvalue weighted by Crippen LogP contribution is -2.60. The lowest BCUT2D eigenvalue weighted by Gasteiger charge is -2.36. The Morgan fingerprint density at radius 1 is 1.07 bits per heavy atom. The van der Waals surface area contributed by atoms with E-state index in [4.69, 9.17) is 0 Å². The van der Waals surface area contributed by atoms with Crippen molar-refractivity contribution in [2.75, 3.05) is 6.54 Å². The number of carboxylic acid groups (broad SMARTS) is 1. The molecule has 158 valence electrons. The Morgan fingerprint density at radius 2 is 1.68 bits per heavy atom. The average Bonchev–Trinajstić information content (AvgIpc) is 2.96. The van der Waals surface area contributed by atoms with Crippen molar-refractivity contribution in [3.8, 4) is 0 Å². The summed E-state index contributed by atoms with van der Waals surface area (Å²) in [6.45, 7) is 11.8. The molecule has 0 bridgehead atoms. The fourth-order valence-electron chi connectivity index (χ4n) is 5.18. The van der Waals surface area contributed by atoms with Crippen LogP contribution in [0, 0.1) is 16.2 Å². The van der Waals surface area contributed by atoms with Gasteiger partial charge >= 0.3 is 12.0 Å². The molecule has 28 heavy (non-hydrogen) atoms. The van der Waals surface area contributed by atoms with E-state index in [0.29, 0.717) is 13.0 Å². The predicted octanol–water partition coefficient (Wildman–Crippen LogP) is 2.74. The van der Waals surface area contributed by atoms with Crippen LogP contribution in [0.4, 0.5) is 4.79 Å². The van der Waals surface area contributed by atoms with Gasteiger partial charge in [0, 0.05) is 12.1 Å². The normalized spacial score (nSPS) is 29.4. The second-order valence-electron chi connectivity index (χ2n) is 11.3. The maximum Gasteiger partial charge on any atom is 0.326 e. The topological polar surface area (TPSA) is 98.7 Å². The first-order valence-corrected chi connectivity index (χ1v) is 10.3. The van der Waals surface area contributed by atoms with Crippen molar-refractivity contribution in [2.45, 2.75) is 91.3 Å². The Balaban J connectivity index is 1.79. The summed E-state index contributed by atoms with van der Waals surface area (Å²) in [4.78, 5) is 39.4. The lowest BCUT2D eigenvalue weighted by atomic mass is 9.74. The van der Waals surface area contributed by atoms with Crippen molar-refractivity contribution in [3.63, 3.8) is 0 Å². The minimum atomic E-state index is -0.946. The third-order valence-corrected chi connectivity index (χ3v) is 6.87. The zero-order valence-corrected chi connectivity index (χ0v) is 18.0. The number of nitrogens with zero attached hydrogens (tertiary/aromatic N) is 1. The first kappa shape index (κ1) is 20.9. The Kier molecular flexibility index (Phi) is 4.75. The molecule has 2 spiro atoms. The van der Waals surface area contributed by atoms with Gasteiger partial charge in [-0.1, -0.05) is 27.2 Å². The second kappa shape index (κ2) is 6.36. The van der Waals surface area contributed by atoms with Gasteiger partial charge in [0.1, 0.15) is 12.1 Å². The lowest BCUT2D eigenvalue weighted by molar-refractivity contribution is -0.150. The molecule has 3 rings (SSSR count). The highest BCUT2D eigenvalue weighted by Gasteiger charge is 2.73. The Morgan fingerprint density at radius 3 is 2.07 bits per heavy atom. The van der Waals surface area contributed by atoms with Gasteiger partial charge in [0.15, 0.2) is 0 Å². The van der Waals surface area contributed by atoms with Crippen LogP contribution >= 0.6 is 0 Å². The number of fused-ring (bicyclic) bond motifs is 1. The number of hydrogen-bond acceptors (Lipinski definition) is 3. The van der Waals surface area contributed by atoms with E-state index in [1.165, 1.54) is 11.3 Å². The number of likely N-dealkylation sites (tertiary alicyclic amines) is 1. The van der Waals surface area contributed by atoms with Crippen molar-refractivity contribution in [1.82, 2.24) is 15.5 Å². The van der Waals surface area contributed by atoms with Crippen LogP contribution < -0.4 is 10.6 Å². The van der Waals surface area contributed by atoms with Crippen LogP contribution in [-0.2, 0) is 9.59 Å². The van der Waals surface area contributed by atoms with Gasteiger partial charge in [0.2, 0.25) is 5.91 Å². The molecule has 3 atom stereocenters. The fourth-order valence-corrected chi connectivity index (χ4v) is 5.18. The minimum absolute atomic E-state index is 0.0277. The maximum absolute atomic E-state index is 13.5. The quantitative estimate of drug-likeness (QED) is 0.686. The molecule has 1 saturated heterocycles. The first-order chi connectivity index (χ1) is 12.7. The van der Waals surface area contributed by atoms with Crippen molar-refractivity contribution in [3.05, 3.63) is 0 Å². The number of rotatable bonds is 3. The molecular weight excluding hydrogens is 358 g/mol. The molecule has 0 aromatic heterocycles. The molecule has 7 nitrogen and oxygen atoms in total. The number of carboxylic acids is 1.